The van der Waals surface area contributed by atoms with E-state index in [1.165, 1.54) is 6.33 Å². The highest BCUT2D eigenvalue weighted by Crippen LogP contribution is 2.24. The van der Waals surface area contributed by atoms with Crippen molar-refractivity contribution in [3.8, 4) is 5.88 Å². The molecule has 6 heteroatoms. The first-order valence-electron chi connectivity index (χ1n) is 6.02. The lowest BCUT2D eigenvalue weighted by atomic mass is 9.95. The van der Waals surface area contributed by atoms with E-state index >= 15 is 0 Å². The maximum Gasteiger partial charge on any atom is 0.303 e. The maximum absolute atomic E-state index is 10.7. The highest BCUT2D eigenvalue weighted by atomic mass is 16.5. The lowest BCUT2D eigenvalue weighted by Crippen LogP contribution is -2.36. The van der Waals surface area contributed by atoms with Crippen LogP contribution in [-0.4, -0.2) is 41.2 Å². The summed E-state index contributed by atoms with van der Waals surface area (Å²) in [6, 6.07) is 1.78. The molecule has 1 fully saturated rings. The Morgan fingerprint density at radius 1 is 1.61 bits per heavy atom. The number of carbonyl (C=O) groups is 1. The maximum atomic E-state index is 10.7. The molecule has 0 spiro atoms. The third-order valence-electron chi connectivity index (χ3n) is 3.14. The van der Waals surface area contributed by atoms with Gasteiger partial charge in [0.2, 0.25) is 5.88 Å². The second-order valence-electron chi connectivity index (χ2n) is 4.47. The molecule has 1 saturated heterocycles. The van der Waals surface area contributed by atoms with E-state index in [4.69, 9.17) is 9.84 Å². The summed E-state index contributed by atoms with van der Waals surface area (Å²) in [5.41, 5.74) is 0. The van der Waals surface area contributed by atoms with Crippen molar-refractivity contribution in [1.82, 2.24) is 9.97 Å². The molecule has 1 aliphatic heterocycles. The minimum Gasteiger partial charge on any atom is -0.481 e. The molecule has 0 amide bonds. The molecule has 0 radical (unpaired) electrons. The van der Waals surface area contributed by atoms with Gasteiger partial charge in [-0.3, -0.25) is 4.79 Å². The van der Waals surface area contributed by atoms with Crippen LogP contribution in [-0.2, 0) is 4.79 Å². The summed E-state index contributed by atoms with van der Waals surface area (Å²) in [5, 5.41) is 8.84. The number of piperidine rings is 1. The summed E-state index contributed by atoms with van der Waals surface area (Å²) in [6.07, 6.45) is 3.64. The van der Waals surface area contributed by atoms with Crippen LogP contribution in [0.25, 0.3) is 0 Å². The molecular formula is C12H17N3O3. The van der Waals surface area contributed by atoms with E-state index in [0.29, 0.717) is 5.88 Å². The largest absolute Gasteiger partial charge is 0.481 e. The number of carboxylic acid groups (broad SMARTS) is 1. The van der Waals surface area contributed by atoms with Crippen LogP contribution in [0.1, 0.15) is 19.3 Å². The normalized spacial score (nSPS) is 19.6. The fourth-order valence-electron chi connectivity index (χ4n) is 2.30. The molecule has 1 N–H and O–H groups in total. The SMILES string of the molecule is COc1cc(N2CCCC(CC(=O)O)C2)ncn1. The summed E-state index contributed by atoms with van der Waals surface area (Å²) in [4.78, 5) is 21.0. The molecule has 2 rings (SSSR count). The number of nitrogens with zero attached hydrogens (tertiary/aromatic N) is 3. The molecule has 18 heavy (non-hydrogen) atoms. The zero-order chi connectivity index (χ0) is 13.0. The van der Waals surface area contributed by atoms with E-state index in [1.54, 1.807) is 13.2 Å². The number of methoxy groups -OCH3 is 1. The number of rotatable bonds is 4. The average molecular weight is 251 g/mol. The predicted molar refractivity (Wildman–Crippen MR) is 65.8 cm³/mol. The van der Waals surface area contributed by atoms with Crippen LogP contribution in [0, 0.1) is 5.92 Å². The number of hydrogen-bond acceptors (Lipinski definition) is 5. The predicted octanol–water partition coefficient (Wildman–Crippen LogP) is 1.18. The number of anilines is 1. The summed E-state index contributed by atoms with van der Waals surface area (Å²) < 4.78 is 5.07. The molecule has 0 saturated carbocycles. The highest BCUT2D eigenvalue weighted by Gasteiger charge is 2.23. The Balaban J connectivity index is 2.05. The third-order valence-corrected chi connectivity index (χ3v) is 3.14. The quantitative estimate of drug-likeness (QED) is 0.866. The van der Waals surface area contributed by atoms with E-state index in [9.17, 15) is 4.79 Å². The minimum atomic E-state index is -0.734. The number of ether oxygens (including phenoxy) is 1. The van der Waals surface area contributed by atoms with Gasteiger partial charge in [0.1, 0.15) is 12.1 Å². The van der Waals surface area contributed by atoms with Crippen LogP contribution in [0.15, 0.2) is 12.4 Å². The Morgan fingerprint density at radius 2 is 2.44 bits per heavy atom. The number of carboxylic acids is 1. The summed E-state index contributed by atoms with van der Waals surface area (Å²) >= 11 is 0. The van der Waals surface area contributed by atoms with Gasteiger partial charge in [-0.15, -0.1) is 0 Å². The van der Waals surface area contributed by atoms with Gasteiger partial charge in [0.05, 0.1) is 7.11 Å². The van der Waals surface area contributed by atoms with Crippen molar-refractivity contribution in [2.24, 2.45) is 5.92 Å². The van der Waals surface area contributed by atoms with Gasteiger partial charge in [-0.2, -0.15) is 0 Å². The van der Waals surface area contributed by atoms with Gasteiger partial charge in [0.15, 0.2) is 0 Å². The second kappa shape index (κ2) is 5.66. The molecule has 0 aliphatic carbocycles. The molecule has 1 aliphatic rings. The van der Waals surface area contributed by atoms with E-state index in [2.05, 4.69) is 14.9 Å². The van der Waals surface area contributed by atoms with Crippen molar-refractivity contribution in [3.63, 3.8) is 0 Å². The first-order chi connectivity index (χ1) is 8.69. The molecule has 1 aromatic rings. The van der Waals surface area contributed by atoms with Crippen LogP contribution < -0.4 is 9.64 Å². The van der Waals surface area contributed by atoms with Crippen LogP contribution in [0.4, 0.5) is 5.82 Å². The monoisotopic (exact) mass is 251 g/mol. The van der Waals surface area contributed by atoms with Crippen LogP contribution in [0.2, 0.25) is 0 Å². The molecule has 98 valence electrons. The van der Waals surface area contributed by atoms with Gasteiger partial charge in [-0.1, -0.05) is 0 Å². The first kappa shape index (κ1) is 12.6. The van der Waals surface area contributed by atoms with Crippen molar-refractivity contribution in [1.29, 1.82) is 0 Å². The summed E-state index contributed by atoms with van der Waals surface area (Å²) in [7, 11) is 1.57. The zero-order valence-electron chi connectivity index (χ0n) is 10.4. The smallest absolute Gasteiger partial charge is 0.303 e. The summed E-state index contributed by atoms with van der Waals surface area (Å²) in [6.45, 7) is 1.63. The molecule has 0 bridgehead atoms. The van der Waals surface area contributed by atoms with Crippen molar-refractivity contribution in [2.75, 3.05) is 25.1 Å². The van der Waals surface area contributed by atoms with E-state index in [-0.39, 0.29) is 12.3 Å². The lowest BCUT2D eigenvalue weighted by molar-refractivity contribution is -0.138. The first-order valence-corrected chi connectivity index (χ1v) is 6.02. The Hall–Kier alpha value is -1.85. The van der Waals surface area contributed by atoms with Gasteiger partial charge in [-0.25, -0.2) is 9.97 Å². The molecule has 2 heterocycles. The topological polar surface area (TPSA) is 75.5 Å². The fraction of sp³-hybridized carbons (Fsp3) is 0.583. The molecule has 1 unspecified atom stereocenters. The Morgan fingerprint density at radius 3 is 3.17 bits per heavy atom. The van der Waals surface area contributed by atoms with Crippen LogP contribution in [0.5, 0.6) is 5.88 Å². The third kappa shape index (κ3) is 3.09. The molecule has 0 aromatic carbocycles. The van der Waals surface area contributed by atoms with Crippen molar-refractivity contribution in [3.05, 3.63) is 12.4 Å². The Kier molecular flexibility index (Phi) is 3.96. The average Bonchev–Trinajstić information content (AvgIpc) is 2.38. The highest BCUT2D eigenvalue weighted by molar-refractivity contribution is 5.67. The standard InChI is InChI=1S/C12H17N3O3/c1-18-11-6-10(13-8-14-11)15-4-2-3-9(7-15)5-12(16)17/h6,8-9H,2-5,7H2,1H3,(H,16,17). The van der Waals surface area contributed by atoms with Gasteiger partial charge in [0.25, 0.3) is 0 Å². The Bertz CT molecular complexity index is 425. The van der Waals surface area contributed by atoms with E-state index in [0.717, 1.165) is 31.7 Å². The number of aromatic nitrogens is 2. The van der Waals surface area contributed by atoms with E-state index < -0.39 is 5.97 Å². The van der Waals surface area contributed by atoms with Crippen molar-refractivity contribution in [2.45, 2.75) is 19.3 Å². The fourth-order valence-corrected chi connectivity index (χ4v) is 2.30. The number of aliphatic carboxylic acids is 1. The minimum absolute atomic E-state index is 0.192. The molecule has 6 nitrogen and oxygen atoms in total. The molecular weight excluding hydrogens is 234 g/mol. The van der Waals surface area contributed by atoms with Crippen LogP contribution >= 0.6 is 0 Å². The van der Waals surface area contributed by atoms with E-state index in [1.807, 2.05) is 0 Å². The Labute approximate surface area is 106 Å². The van der Waals surface area contributed by atoms with Crippen molar-refractivity contribution >= 4 is 11.8 Å². The van der Waals surface area contributed by atoms with Gasteiger partial charge >= 0.3 is 5.97 Å². The van der Waals surface area contributed by atoms with Crippen molar-refractivity contribution < 1.29 is 14.6 Å². The lowest BCUT2D eigenvalue weighted by Gasteiger charge is -2.32. The van der Waals surface area contributed by atoms with Gasteiger partial charge < -0.3 is 14.7 Å². The number of hydrogen-bond donors (Lipinski definition) is 1. The molecule has 1 atom stereocenters. The van der Waals surface area contributed by atoms with Crippen LogP contribution in [0.3, 0.4) is 0 Å². The summed E-state index contributed by atoms with van der Waals surface area (Å²) in [5.74, 6) is 0.789. The van der Waals surface area contributed by atoms with Gasteiger partial charge in [0, 0.05) is 25.6 Å². The second-order valence-corrected chi connectivity index (χ2v) is 4.47. The molecule has 1 aromatic heterocycles. The van der Waals surface area contributed by atoms with Gasteiger partial charge in [-0.05, 0) is 18.8 Å². The zero-order valence-corrected chi connectivity index (χ0v) is 10.4.